The van der Waals surface area contributed by atoms with Gasteiger partial charge in [0.05, 0.1) is 23.8 Å². The Labute approximate surface area is 134 Å². The van der Waals surface area contributed by atoms with Gasteiger partial charge in [0, 0.05) is 17.3 Å². The summed E-state index contributed by atoms with van der Waals surface area (Å²) in [7, 11) is 0. The molecule has 0 atom stereocenters. The van der Waals surface area contributed by atoms with Crippen LogP contribution in [0.4, 0.5) is 5.69 Å². The van der Waals surface area contributed by atoms with Crippen LogP contribution >= 0.6 is 11.6 Å². The predicted molar refractivity (Wildman–Crippen MR) is 88.1 cm³/mol. The Kier molecular flexibility index (Phi) is 5.28. The monoisotopic (exact) mass is 319 g/mol. The van der Waals surface area contributed by atoms with Gasteiger partial charge in [-0.15, -0.1) is 0 Å². The molecule has 116 valence electrons. The molecule has 0 unspecified atom stereocenters. The second-order valence-corrected chi connectivity index (χ2v) is 5.00. The summed E-state index contributed by atoms with van der Waals surface area (Å²) in [6.45, 7) is 4.64. The first-order valence-electron chi connectivity index (χ1n) is 7.06. The lowest BCUT2D eigenvalue weighted by Crippen LogP contribution is -2.07. The van der Waals surface area contributed by atoms with E-state index in [1.165, 1.54) is 0 Å². The van der Waals surface area contributed by atoms with Crippen molar-refractivity contribution in [3.8, 4) is 11.5 Å². The Morgan fingerprint density at radius 3 is 2.23 bits per heavy atom. The second-order valence-electron chi connectivity index (χ2n) is 4.60. The van der Waals surface area contributed by atoms with Gasteiger partial charge in [0.2, 0.25) is 0 Å². The third kappa shape index (κ3) is 3.52. The molecule has 0 saturated carbocycles. The first-order chi connectivity index (χ1) is 10.6. The van der Waals surface area contributed by atoms with Gasteiger partial charge in [0.1, 0.15) is 11.5 Å². The number of nitrogen functional groups attached to an aromatic ring is 1. The number of carbonyl (C=O) groups is 1. The highest BCUT2D eigenvalue weighted by Gasteiger charge is 2.18. The van der Waals surface area contributed by atoms with Crippen LogP contribution in [0.1, 0.15) is 29.8 Å². The van der Waals surface area contributed by atoms with E-state index < -0.39 is 0 Å². The van der Waals surface area contributed by atoms with Crippen molar-refractivity contribution in [3.05, 3.63) is 52.5 Å². The zero-order chi connectivity index (χ0) is 16.1. The molecule has 2 rings (SSSR count). The number of ketones is 1. The van der Waals surface area contributed by atoms with E-state index in [1.54, 1.807) is 36.4 Å². The molecule has 4 nitrogen and oxygen atoms in total. The summed E-state index contributed by atoms with van der Waals surface area (Å²) in [6, 6.07) is 9.96. The number of hydrogen-bond donors (Lipinski definition) is 1. The molecule has 0 saturated heterocycles. The SMILES string of the molecule is CCOc1cc(OCC)c(C(=O)c2ccc(N)cc2)cc1Cl. The van der Waals surface area contributed by atoms with E-state index >= 15 is 0 Å². The Morgan fingerprint density at radius 1 is 1.05 bits per heavy atom. The van der Waals surface area contributed by atoms with Crippen LogP contribution in [0, 0.1) is 0 Å². The fourth-order valence-corrected chi connectivity index (χ4v) is 2.26. The Balaban J connectivity index is 2.46. The first-order valence-corrected chi connectivity index (χ1v) is 7.44. The van der Waals surface area contributed by atoms with Gasteiger partial charge in [-0.2, -0.15) is 0 Å². The van der Waals surface area contributed by atoms with Crippen molar-refractivity contribution >= 4 is 23.1 Å². The van der Waals surface area contributed by atoms with Crippen LogP contribution in [-0.2, 0) is 0 Å². The van der Waals surface area contributed by atoms with E-state index in [2.05, 4.69) is 0 Å². The Morgan fingerprint density at radius 2 is 1.64 bits per heavy atom. The molecule has 0 amide bonds. The maximum atomic E-state index is 12.7. The van der Waals surface area contributed by atoms with E-state index in [9.17, 15) is 4.79 Å². The summed E-state index contributed by atoms with van der Waals surface area (Å²) in [5.41, 5.74) is 7.18. The molecule has 0 aliphatic heterocycles. The van der Waals surface area contributed by atoms with Gasteiger partial charge in [-0.05, 0) is 44.2 Å². The molecular formula is C17H18ClNO3. The van der Waals surface area contributed by atoms with Crippen molar-refractivity contribution in [2.75, 3.05) is 18.9 Å². The number of carbonyl (C=O) groups excluding carboxylic acids is 1. The topological polar surface area (TPSA) is 61.5 Å². The molecule has 2 aromatic carbocycles. The number of anilines is 1. The molecule has 0 fully saturated rings. The number of benzene rings is 2. The van der Waals surface area contributed by atoms with Gasteiger partial charge < -0.3 is 15.2 Å². The maximum Gasteiger partial charge on any atom is 0.196 e. The van der Waals surface area contributed by atoms with Gasteiger partial charge in [0.15, 0.2) is 5.78 Å². The summed E-state index contributed by atoms with van der Waals surface area (Å²) < 4.78 is 11.0. The molecule has 0 aliphatic rings. The summed E-state index contributed by atoms with van der Waals surface area (Å²) in [4.78, 5) is 12.7. The van der Waals surface area contributed by atoms with E-state index in [0.29, 0.717) is 46.5 Å². The second kappa shape index (κ2) is 7.18. The molecule has 0 heterocycles. The number of rotatable bonds is 6. The van der Waals surface area contributed by atoms with Crippen LogP contribution in [0.25, 0.3) is 0 Å². The molecule has 0 radical (unpaired) electrons. The smallest absolute Gasteiger partial charge is 0.196 e. The third-order valence-electron chi connectivity index (χ3n) is 3.05. The van der Waals surface area contributed by atoms with Crippen molar-refractivity contribution in [2.24, 2.45) is 0 Å². The zero-order valence-corrected chi connectivity index (χ0v) is 13.3. The van der Waals surface area contributed by atoms with Crippen LogP contribution in [0.2, 0.25) is 5.02 Å². The number of nitrogens with two attached hydrogens (primary N) is 1. The van der Waals surface area contributed by atoms with Crippen molar-refractivity contribution < 1.29 is 14.3 Å². The molecule has 0 aliphatic carbocycles. The summed E-state index contributed by atoms with van der Waals surface area (Å²) in [6.07, 6.45) is 0. The lowest BCUT2D eigenvalue weighted by molar-refractivity contribution is 0.103. The van der Waals surface area contributed by atoms with Crippen LogP contribution in [0.3, 0.4) is 0 Å². The summed E-state index contributed by atoms with van der Waals surface area (Å²) in [5, 5.41) is 0.379. The standard InChI is InChI=1S/C17H18ClNO3/c1-3-21-15-10-16(22-4-2)14(18)9-13(15)17(20)11-5-7-12(19)8-6-11/h5-10H,3-4,19H2,1-2H3. The molecule has 0 spiro atoms. The molecule has 5 heteroatoms. The summed E-state index contributed by atoms with van der Waals surface area (Å²) in [5.74, 6) is 0.784. The van der Waals surface area contributed by atoms with E-state index in [1.807, 2.05) is 13.8 Å². The number of hydrogen-bond acceptors (Lipinski definition) is 4. The first kappa shape index (κ1) is 16.2. The van der Waals surface area contributed by atoms with E-state index in [-0.39, 0.29) is 5.78 Å². The average molecular weight is 320 g/mol. The van der Waals surface area contributed by atoms with Crippen molar-refractivity contribution in [3.63, 3.8) is 0 Å². The molecule has 2 N–H and O–H groups in total. The Bertz CT molecular complexity index is 668. The van der Waals surface area contributed by atoms with Gasteiger partial charge in [0.25, 0.3) is 0 Å². The van der Waals surface area contributed by atoms with Crippen molar-refractivity contribution in [2.45, 2.75) is 13.8 Å². The Hall–Kier alpha value is -2.20. The lowest BCUT2D eigenvalue weighted by atomic mass is 10.0. The number of ether oxygens (including phenoxy) is 2. The highest BCUT2D eigenvalue weighted by Crippen LogP contribution is 2.34. The highest BCUT2D eigenvalue weighted by atomic mass is 35.5. The minimum atomic E-state index is -0.173. The van der Waals surface area contributed by atoms with E-state index in [0.717, 1.165) is 0 Å². The molecule has 0 aromatic heterocycles. The fourth-order valence-electron chi connectivity index (χ4n) is 2.04. The average Bonchev–Trinajstić information content (AvgIpc) is 2.51. The summed E-state index contributed by atoms with van der Waals surface area (Å²) >= 11 is 6.18. The van der Waals surface area contributed by atoms with Gasteiger partial charge in [-0.25, -0.2) is 0 Å². The zero-order valence-electron chi connectivity index (χ0n) is 12.6. The normalized spacial score (nSPS) is 10.3. The van der Waals surface area contributed by atoms with E-state index in [4.69, 9.17) is 26.8 Å². The molecule has 2 aromatic rings. The fraction of sp³-hybridized carbons (Fsp3) is 0.235. The largest absolute Gasteiger partial charge is 0.493 e. The van der Waals surface area contributed by atoms with Gasteiger partial charge >= 0.3 is 0 Å². The van der Waals surface area contributed by atoms with Crippen LogP contribution in [-0.4, -0.2) is 19.0 Å². The molecule has 0 bridgehead atoms. The number of halogens is 1. The lowest BCUT2D eigenvalue weighted by Gasteiger charge is -2.13. The highest BCUT2D eigenvalue weighted by molar-refractivity contribution is 6.32. The quantitative estimate of drug-likeness (QED) is 0.647. The van der Waals surface area contributed by atoms with Gasteiger partial charge in [-0.3, -0.25) is 4.79 Å². The van der Waals surface area contributed by atoms with Crippen LogP contribution in [0.15, 0.2) is 36.4 Å². The minimum absolute atomic E-state index is 0.173. The van der Waals surface area contributed by atoms with Crippen LogP contribution in [0.5, 0.6) is 11.5 Å². The predicted octanol–water partition coefficient (Wildman–Crippen LogP) is 3.95. The molecule has 22 heavy (non-hydrogen) atoms. The minimum Gasteiger partial charge on any atom is -0.493 e. The molecular weight excluding hydrogens is 302 g/mol. The maximum absolute atomic E-state index is 12.7. The third-order valence-corrected chi connectivity index (χ3v) is 3.35. The van der Waals surface area contributed by atoms with Crippen LogP contribution < -0.4 is 15.2 Å². The van der Waals surface area contributed by atoms with Gasteiger partial charge in [-0.1, -0.05) is 11.6 Å². The van der Waals surface area contributed by atoms with Crippen molar-refractivity contribution in [1.82, 2.24) is 0 Å². The van der Waals surface area contributed by atoms with Crippen molar-refractivity contribution in [1.29, 1.82) is 0 Å².